The van der Waals surface area contributed by atoms with Gasteiger partial charge in [-0.05, 0) is 47.4 Å². The van der Waals surface area contributed by atoms with Crippen LogP contribution in [0.15, 0.2) is 41.3 Å². The summed E-state index contributed by atoms with van der Waals surface area (Å²) in [5.74, 6) is 1.23. The molecule has 0 aliphatic carbocycles. The highest BCUT2D eigenvalue weighted by Crippen LogP contribution is 2.30. The number of fused-ring (bicyclic) bond motifs is 1. The maximum Gasteiger partial charge on any atom is 0.171 e. The van der Waals surface area contributed by atoms with Gasteiger partial charge in [0, 0.05) is 49.7 Å². The van der Waals surface area contributed by atoms with E-state index >= 15 is 0 Å². The molecule has 8 nitrogen and oxygen atoms in total. The predicted octanol–water partition coefficient (Wildman–Crippen LogP) is 2.48. The molecule has 1 atom stereocenters. The van der Waals surface area contributed by atoms with Crippen LogP contribution in [0.3, 0.4) is 0 Å². The molecule has 1 unspecified atom stereocenters. The number of aromatic nitrogens is 4. The summed E-state index contributed by atoms with van der Waals surface area (Å²) in [4.78, 5) is 9.02. The van der Waals surface area contributed by atoms with Crippen LogP contribution < -0.4 is 10.0 Å². The van der Waals surface area contributed by atoms with Crippen molar-refractivity contribution < 1.29 is 4.21 Å². The zero-order chi connectivity index (χ0) is 19.5. The van der Waals surface area contributed by atoms with Crippen LogP contribution in [-0.2, 0) is 17.7 Å². The molecule has 1 aliphatic heterocycles. The average Bonchev–Trinajstić information content (AvgIpc) is 3.13. The summed E-state index contributed by atoms with van der Waals surface area (Å²) >= 11 is 2.44. The van der Waals surface area contributed by atoms with Crippen LogP contribution in [0.5, 0.6) is 0 Å². The Morgan fingerprint density at radius 1 is 1.32 bits per heavy atom. The minimum absolute atomic E-state index is 0.329. The van der Waals surface area contributed by atoms with Crippen molar-refractivity contribution >= 4 is 38.6 Å². The van der Waals surface area contributed by atoms with Crippen LogP contribution in [-0.4, -0.2) is 48.2 Å². The molecule has 0 spiro atoms. The third-order valence-electron chi connectivity index (χ3n) is 4.93. The molecule has 1 aliphatic rings. The van der Waals surface area contributed by atoms with E-state index in [2.05, 4.69) is 42.1 Å². The van der Waals surface area contributed by atoms with Gasteiger partial charge in [-0.3, -0.25) is 4.98 Å². The van der Waals surface area contributed by atoms with Crippen molar-refractivity contribution in [3.63, 3.8) is 0 Å². The molecule has 0 radical (unpaired) electrons. The first-order valence-electron chi connectivity index (χ1n) is 9.17. The lowest BCUT2D eigenvalue weighted by Gasteiger charge is -2.30. The average molecular weight is 464 g/mol. The van der Waals surface area contributed by atoms with Crippen molar-refractivity contribution in [3.8, 4) is 0 Å². The highest BCUT2D eigenvalue weighted by Gasteiger charge is 2.25. The second kappa shape index (κ2) is 8.64. The first kappa shape index (κ1) is 19.4. The van der Waals surface area contributed by atoms with E-state index in [1.165, 1.54) is 0 Å². The van der Waals surface area contributed by atoms with Crippen molar-refractivity contribution in [2.24, 2.45) is 0 Å². The molecule has 1 saturated heterocycles. The van der Waals surface area contributed by atoms with E-state index < -0.39 is 11.2 Å². The molecular weight excluding hydrogens is 442 g/mol. The van der Waals surface area contributed by atoms with Gasteiger partial charge in [-0.2, -0.15) is 9.61 Å². The Labute approximate surface area is 174 Å². The van der Waals surface area contributed by atoms with E-state index in [4.69, 9.17) is 4.98 Å². The van der Waals surface area contributed by atoms with Crippen molar-refractivity contribution in [2.45, 2.75) is 25.3 Å². The van der Waals surface area contributed by atoms with Crippen LogP contribution in [0.2, 0.25) is 0 Å². The van der Waals surface area contributed by atoms with E-state index in [1.807, 2.05) is 27.2 Å². The van der Waals surface area contributed by atoms with Crippen molar-refractivity contribution in [2.75, 3.05) is 25.5 Å². The number of piperidine rings is 1. The quantitative estimate of drug-likeness (QED) is 0.586. The number of pyridine rings is 1. The number of nitrogens with zero attached hydrogens (tertiary/aromatic N) is 5. The van der Waals surface area contributed by atoms with Gasteiger partial charge in [0.05, 0.1) is 10.7 Å². The largest absolute Gasteiger partial charge is 0.366 e. The van der Waals surface area contributed by atoms with Crippen LogP contribution in [0, 0.1) is 0 Å². The zero-order valence-electron chi connectivity index (χ0n) is 15.5. The minimum Gasteiger partial charge on any atom is -0.366 e. The standard InChI is InChI=1S/C18H22BrN7OS/c1-20-28(27)25-7-4-14(5-8-25)16-9-17(22-11-13-3-2-6-21-10-13)26-18(24-16)15(19)12-23-26/h2-3,6,9-10,12,14,20,22H,4-5,7-8,11H2,1H3. The number of nitrogens with one attached hydrogen (secondary N) is 2. The topological polar surface area (TPSA) is 87.5 Å². The van der Waals surface area contributed by atoms with E-state index in [9.17, 15) is 4.21 Å². The second-order valence-corrected chi connectivity index (χ2v) is 8.94. The fraction of sp³-hybridized carbons (Fsp3) is 0.389. The van der Waals surface area contributed by atoms with E-state index in [1.54, 1.807) is 19.4 Å². The fourth-order valence-corrected chi connectivity index (χ4v) is 4.58. The monoisotopic (exact) mass is 463 g/mol. The van der Waals surface area contributed by atoms with Crippen LogP contribution in [0.1, 0.15) is 30.0 Å². The highest BCUT2D eigenvalue weighted by atomic mass is 79.9. The van der Waals surface area contributed by atoms with Crippen LogP contribution in [0.25, 0.3) is 5.65 Å². The van der Waals surface area contributed by atoms with E-state index in [0.717, 1.165) is 53.1 Å². The molecule has 28 heavy (non-hydrogen) atoms. The Balaban J connectivity index is 1.57. The normalized spacial score (nSPS) is 17.1. The van der Waals surface area contributed by atoms with Gasteiger partial charge in [-0.1, -0.05) is 6.07 Å². The smallest absolute Gasteiger partial charge is 0.171 e. The van der Waals surface area contributed by atoms with Crippen LogP contribution in [0.4, 0.5) is 5.82 Å². The third kappa shape index (κ3) is 4.09. The molecule has 148 valence electrons. The number of halogens is 1. The molecule has 0 amide bonds. The molecule has 0 bridgehead atoms. The van der Waals surface area contributed by atoms with Crippen molar-refractivity contribution in [1.82, 2.24) is 28.6 Å². The van der Waals surface area contributed by atoms with E-state index in [-0.39, 0.29) is 0 Å². The summed E-state index contributed by atoms with van der Waals surface area (Å²) in [7, 11) is 1.72. The predicted molar refractivity (Wildman–Crippen MR) is 113 cm³/mol. The van der Waals surface area contributed by atoms with Gasteiger partial charge < -0.3 is 5.32 Å². The molecule has 3 aromatic rings. The third-order valence-corrected chi connectivity index (χ3v) is 6.67. The summed E-state index contributed by atoms with van der Waals surface area (Å²) in [5.41, 5.74) is 2.94. The Morgan fingerprint density at radius 2 is 2.14 bits per heavy atom. The molecule has 1 fully saturated rings. The summed E-state index contributed by atoms with van der Waals surface area (Å²) < 4.78 is 19.4. The summed E-state index contributed by atoms with van der Waals surface area (Å²) in [5, 5.41) is 7.90. The van der Waals surface area contributed by atoms with Gasteiger partial charge in [0.1, 0.15) is 5.82 Å². The molecule has 2 N–H and O–H groups in total. The van der Waals surface area contributed by atoms with Gasteiger partial charge in [0.2, 0.25) is 0 Å². The Kier molecular flexibility index (Phi) is 6.00. The van der Waals surface area contributed by atoms with Gasteiger partial charge in [-0.15, -0.1) is 0 Å². The maximum atomic E-state index is 11.9. The second-order valence-electron chi connectivity index (χ2n) is 6.67. The number of hydrogen-bond acceptors (Lipinski definition) is 5. The maximum absolute atomic E-state index is 11.9. The Morgan fingerprint density at radius 3 is 2.86 bits per heavy atom. The van der Waals surface area contributed by atoms with Gasteiger partial charge in [0.25, 0.3) is 0 Å². The lowest BCUT2D eigenvalue weighted by Crippen LogP contribution is -2.39. The highest BCUT2D eigenvalue weighted by molar-refractivity contribution is 9.10. The van der Waals surface area contributed by atoms with Gasteiger partial charge in [0.15, 0.2) is 16.8 Å². The molecule has 4 heterocycles. The lowest BCUT2D eigenvalue weighted by molar-refractivity contribution is 0.329. The molecular formula is C18H22BrN7OS. The van der Waals surface area contributed by atoms with E-state index in [0.29, 0.717) is 12.5 Å². The molecule has 10 heteroatoms. The first-order valence-corrected chi connectivity index (χ1v) is 11.1. The fourth-order valence-electron chi connectivity index (χ4n) is 3.43. The number of hydrogen-bond donors (Lipinski definition) is 2. The van der Waals surface area contributed by atoms with Crippen LogP contribution >= 0.6 is 15.9 Å². The molecule has 0 aromatic carbocycles. The lowest BCUT2D eigenvalue weighted by atomic mass is 9.94. The molecule has 4 rings (SSSR count). The Bertz CT molecular complexity index is 973. The Hall–Kier alpha value is -1.88. The SMILES string of the molecule is CNS(=O)N1CCC(c2cc(NCc3cccnc3)n3ncc(Br)c3n2)CC1. The molecule has 3 aromatic heterocycles. The summed E-state index contributed by atoms with van der Waals surface area (Å²) in [6.07, 6.45) is 7.22. The van der Waals surface area contributed by atoms with Gasteiger partial charge in [-0.25, -0.2) is 18.2 Å². The van der Waals surface area contributed by atoms with Gasteiger partial charge >= 0.3 is 0 Å². The first-order chi connectivity index (χ1) is 13.7. The summed E-state index contributed by atoms with van der Waals surface area (Å²) in [6, 6.07) is 6.05. The number of rotatable bonds is 6. The van der Waals surface area contributed by atoms with Crippen molar-refractivity contribution in [1.29, 1.82) is 0 Å². The summed E-state index contributed by atoms with van der Waals surface area (Å²) in [6.45, 7) is 2.22. The molecule has 0 saturated carbocycles. The van der Waals surface area contributed by atoms with Crippen molar-refractivity contribution in [3.05, 3.63) is 52.5 Å². The minimum atomic E-state index is -1.11. The number of anilines is 1. The zero-order valence-corrected chi connectivity index (χ0v) is 17.9.